The number of ether oxygens (including phenoxy) is 1. The summed E-state index contributed by atoms with van der Waals surface area (Å²) in [6, 6.07) is -0.0763. The first-order chi connectivity index (χ1) is 8.54. The lowest BCUT2D eigenvalue weighted by molar-refractivity contribution is 0.0590. The van der Waals surface area contributed by atoms with E-state index in [9.17, 15) is 13.2 Å². The molecule has 0 aliphatic carbocycles. The number of nitrogens with zero attached hydrogens (tertiary/aromatic N) is 1. The van der Waals surface area contributed by atoms with Crippen LogP contribution in [-0.4, -0.2) is 44.0 Å². The van der Waals surface area contributed by atoms with Gasteiger partial charge in [0.25, 0.3) is 10.0 Å². The molecule has 0 spiro atoms. The van der Waals surface area contributed by atoms with Crippen molar-refractivity contribution in [2.45, 2.75) is 16.7 Å². The number of carbonyl (C=O) groups is 1. The molecule has 0 amide bonds. The van der Waals surface area contributed by atoms with Gasteiger partial charge >= 0.3 is 5.97 Å². The molecule has 1 aromatic heterocycles. The van der Waals surface area contributed by atoms with Crippen molar-refractivity contribution in [1.29, 1.82) is 0 Å². The lowest BCUT2D eigenvalue weighted by atomic mass is 10.3. The van der Waals surface area contributed by atoms with Crippen LogP contribution in [0.5, 0.6) is 0 Å². The number of thiazole rings is 1. The predicted octanol–water partition coefficient (Wildman–Crippen LogP) is 0.714. The molecule has 0 bridgehead atoms. The minimum atomic E-state index is -3.69. The van der Waals surface area contributed by atoms with Gasteiger partial charge in [0.05, 0.1) is 12.6 Å². The van der Waals surface area contributed by atoms with Gasteiger partial charge in [0.2, 0.25) is 0 Å². The van der Waals surface area contributed by atoms with Crippen LogP contribution < -0.4 is 4.72 Å². The molecule has 1 aromatic rings. The summed E-state index contributed by atoms with van der Waals surface area (Å²) in [7, 11) is -2.50. The molecule has 2 heterocycles. The zero-order valence-corrected chi connectivity index (χ0v) is 12.0. The third-order valence-electron chi connectivity index (χ3n) is 2.41. The Morgan fingerprint density at radius 2 is 2.39 bits per heavy atom. The predicted molar refractivity (Wildman–Crippen MR) is 69.5 cm³/mol. The number of thioether (sulfide) groups is 1. The van der Waals surface area contributed by atoms with E-state index in [0.29, 0.717) is 0 Å². The number of esters is 1. The Labute approximate surface area is 113 Å². The van der Waals surface area contributed by atoms with Gasteiger partial charge in [-0.15, -0.1) is 11.3 Å². The average molecular weight is 308 g/mol. The van der Waals surface area contributed by atoms with Gasteiger partial charge in [-0.2, -0.15) is 11.8 Å². The summed E-state index contributed by atoms with van der Waals surface area (Å²) >= 11 is 2.62. The molecule has 6 nitrogen and oxygen atoms in total. The highest BCUT2D eigenvalue weighted by Crippen LogP contribution is 2.24. The summed E-state index contributed by atoms with van der Waals surface area (Å²) in [4.78, 5) is 15.2. The second kappa shape index (κ2) is 5.55. The van der Waals surface area contributed by atoms with Crippen molar-refractivity contribution >= 4 is 39.1 Å². The van der Waals surface area contributed by atoms with Crippen molar-refractivity contribution in [3.63, 3.8) is 0 Å². The number of hydrogen-bond acceptors (Lipinski definition) is 7. The van der Waals surface area contributed by atoms with Crippen LogP contribution in [-0.2, 0) is 14.8 Å². The Morgan fingerprint density at radius 1 is 1.61 bits per heavy atom. The first-order valence-corrected chi connectivity index (χ1v) is 8.68. The molecule has 1 N–H and O–H groups in total. The molecule has 18 heavy (non-hydrogen) atoms. The van der Waals surface area contributed by atoms with E-state index in [4.69, 9.17) is 0 Å². The molecule has 0 aromatic carbocycles. The number of sulfonamides is 1. The minimum Gasteiger partial charge on any atom is -0.464 e. The van der Waals surface area contributed by atoms with Gasteiger partial charge in [-0.25, -0.2) is 22.9 Å². The van der Waals surface area contributed by atoms with Crippen LogP contribution in [0, 0.1) is 0 Å². The van der Waals surface area contributed by atoms with Gasteiger partial charge in [-0.3, -0.25) is 0 Å². The summed E-state index contributed by atoms with van der Waals surface area (Å²) < 4.78 is 31.3. The smallest absolute Gasteiger partial charge is 0.358 e. The summed E-state index contributed by atoms with van der Waals surface area (Å²) in [6.45, 7) is 0. The molecule has 100 valence electrons. The van der Waals surface area contributed by atoms with Gasteiger partial charge in [0.15, 0.2) is 9.90 Å². The van der Waals surface area contributed by atoms with Crippen molar-refractivity contribution in [2.24, 2.45) is 0 Å². The molecule has 1 atom stereocenters. The molecule has 1 aliphatic rings. The van der Waals surface area contributed by atoms with Gasteiger partial charge in [0, 0.05) is 11.8 Å². The first kappa shape index (κ1) is 13.8. The first-order valence-electron chi connectivity index (χ1n) is 5.16. The fourth-order valence-electron chi connectivity index (χ4n) is 1.56. The molecular formula is C9H12N2O4S3. The van der Waals surface area contributed by atoms with E-state index in [1.807, 2.05) is 0 Å². The van der Waals surface area contributed by atoms with E-state index < -0.39 is 16.0 Å². The van der Waals surface area contributed by atoms with Crippen LogP contribution in [0.2, 0.25) is 0 Å². The number of carbonyl (C=O) groups excluding carboxylic acids is 1. The van der Waals surface area contributed by atoms with E-state index in [-0.39, 0.29) is 15.9 Å². The van der Waals surface area contributed by atoms with Gasteiger partial charge in [-0.1, -0.05) is 0 Å². The maximum Gasteiger partial charge on any atom is 0.358 e. The van der Waals surface area contributed by atoms with E-state index >= 15 is 0 Å². The maximum absolute atomic E-state index is 12.1. The topological polar surface area (TPSA) is 85.4 Å². The fraction of sp³-hybridized carbons (Fsp3) is 0.556. The molecular weight excluding hydrogens is 296 g/mol. The number of hydrogen-bond donors (Lipinski definition) is 1. The third kappa shape index (κ3) is 2.85. The second-order valence-electron chi connectivity index (χ2n) is 3.66. The van der Waals surface area contributed by atoms with Crippen LogP contribution in [0.3, 0.4) is 0 Å². The van der Waals surface area contributed by atoms with Crippen LogP contribution in [0.15, 0.2) is 9.72 Å². The van der Waals surface area contributed by atoms with E-state index in [1.165, 1.54) is 12.6 Å². The van der Waals surface area contributed by atoms with Crippen molar-refractivity contribution in [1.82, 2.24) is 9.71 Å². The second-order valence-corrected chi connectivity index (χ2v) is 7.58. The van der Waals surface area contributed by atoms with E-state index in [0.717, 1.165) is 29.3 Å². The molecule has 1 aliphatic heterocycles. The average Bonchev–Trinajstić information content (AvgIpc) is 2.97. The largest absolute Gasteiger partial charge is 0.464 e. The highest BCUT2D eigenvalue weighted by atomic mass is 32.2. The number of aromatic nitrogens is 1. The molecule has 9 heteroatoms. The quantitative estimate of drug-likeness (QED) is 0.825. The van der Waals surface area contributed by atoms with E-state index in [2.05, 4.69) is 14.4 Å². The normalized spacial score (nSPS) is 19.9. The monoisotopic (exact) mass is 308 g/mol. The maximum atomic E-state index is 12.1. The highest BCUT2D eigenvalue weighted by Gasteiger charge is 2.29. The van der Waals surface area contributed by atoms with Crippen LogP contribution in [0.1, 0.15) is 16.9 Å². The number of methoxy groups -OCH3 is 1. The Bertz CT molecular complexity index is 534. The lowest BCUT2D eigenvalue weighted by Crippen LogP contribution is -2.35. The molecule has 2 rings (SSSR count). The molecule has 1 saturated heterocycles. The van der Waals surface area contributed by atoms with Crippen molar-refractivity contribution < 1.29 is 17.9 Å². The number of rotatable bonds is 4. The summed E-state index contributed by atoms with van der Waals surface area (Å²) in [5.74, 6) is 0.961. The van der Waals surface area contributed by atoms with E-state index in [1.54, 1.807) is 11.8 Å². The van der Waals surface area contributed by atoms with Crippen molar-refractivity contribution in [2.75, 3.05) is 18.6 Å². The molecule has 0 radical (unpaired) electrons. The van der Waals surface area contributed by atoms with Crippen molar-refractivity contribution in [3.05, 3.63) is 11.2 Å². The van der Waals surface area contributed by atoms with Crippen LogP contribution in [0.4, 0.5) is 0 Å². The summed E-state index contributed by atoms with van der Waals surface area (Å²) in [5.41, 5.74) is 1.17. The third-order valence-corrected chi connectivity index (χ3v) is 6.46. The fourth-order valence-corrected chi connectivity index (χ4v) is 5.24. The zero-order chi connectivity index (χ0) is 13.2. The Kier molecular flexibility index (Phi) is 4.25. The molecule has 0 saturated carbocycles. The van der Waals surface area contributed by atoms with Crippen molar-refractivity contribution in [3.8, 4) is 0 Å². The lowest BCUT2D eigenvalue weighted by Gasteiger charge is -2.10. The van der Waals surface area contributed by atoms with Gasteiger partial charge < -0.3 is 4.74 Å². The van der Waals surface area contributed by atoms with Gasteiger partial charge in [0.1, 0.15) is 0 Å². The Balaban J connectivity index is 2.24. The highest BCUT2D eigenvalue weighted by molar-refractivity contribution is 7.99. The van der Waals surface area contributed by atoms with Crippen LogP contribution >= 0.6 is 23.1 Å². The van der Waals surface area contributed by atoms with Crippen LogP contribution in [0.25, 0.3) is 0 Å². The molecule has 1 unspecified atom stereocenters. The van der Waals surface area contributed by atoms with Gasteiger partial charge in [-0.05, 0) is 12.2 Å². The SMILES string of the molecule is COC(=O)c1ncsc1S(=O)(=O)NC1CCSC1. The molecule has 1 fully saturated rings. The Hall–Kier alpha value is -0.640. The summed E-state index contributed by atoms with van der Waals surface area (Å²) in [6.07, 6.45) is 0.802. The minimum absolute atomic E-state index is 0.0763. The standard InChI is InChI=1S/C9H12N2O4S3/c1-15-8(12)7-9(17-5-10-7)18(13,14)11-6-2-3-16-4-6/h5-6,11H,2-4H2,1H3. The Morgan fingerprint density at radius 3 is 3.00 bits per heavy atom. The number of nitrogens with one attached hydrogen (secondary N) is 1. The zero-order valence-electron chi connectivity index (χ0n) is 9.58. The summed E-state index contributed by atoms with van der Waals surface area (Å²) in [5, 5.41) is 0.